The van der Waals surface area contributed by atoms with Crippen LogP contribution in [-0.2, 0) is 6.42 Å². The van der Waals surface area contributed by atoms with Crippen molar-refractivity contribution < 1.29 is 0 Å². The molecule has 0 spiro atoms. The van der Waals surface area contributed by atoms with E-state index in [1.807, 2.05) is 50.2 Å². The van der Waals surface area contributed by atoms with E-state index >= 15 is 0 Å². The van der Waals surface area contributed by atoms with E-state index in [2.05, 4.69) is 23.7 Å². The number of aryl methyl sites for hydroxylation is 2. The Hall–Kier alpha value is -2.20. The normalized spacial score (nSPS) is 12.5. The van der Waals surface area contributed by atoms with Gasteiger partial charge in [-0.15, -0.1) is 12.6 Å². The van der Waals surface area contributed by atoms with Crippen LogP contribution in [0.3, 0.4) is 0 Å². The molecule has 0 unspecified atom stereocenters. The van der Waals surface area contributed by atoms with E-state index in [1.165, 1.54) is 5.56 Å². The molecule has 3 N–H and O–H groups in total. The SMILES string of the molecule is Cc1ccc(C)c(/C(N)=C/C([NH-])=NCCc2ccc(S)cc2)c1. The number of rotatable bonds is 5. The summed E-state index contributed by atoms with van der Waals surface area (Å²) in [6.07, 6.45) is 2.42. The molecule has 2 aromatic carbocycles. The predicted molar refractivity (Wildman–Crippen MR) is 102 cm³/mol. The largest absolute Gasteiger partial charge is 0.482 e. The van der Waals surface area contributed by atoms with Crippen LogP contribution < -0.4 is 5.73 Å². The molecule has 120 valence electrons. The summed E-state index contributed by atoms with van der Waals surface area (Å²) < 4.78 is 0. The second-order valence-electron chi connectivity index (χ2n) is 5.60. The lowest BCUT2D eigenvalue weighted by Crippen LogP contribution is -2.02. The van der Waals surface area contributed by atoms with E-state index in [9.17, 15) is 0 Å². The molecule has 2 aromatic rings. The second kappa shape index (κ2) is 7.88. The average molecular weight is 324 g/mol. The van der Waals surface area contributed by atoms with E-state index < -0.39 is 0 Å². The number of benzene rings is 2. The lowest BCUT2D eigenvalue weighted by Gasteiger charge is -2.11. The number of thiol groups is 1. The van der Waals surface area contributed by atoms with Crippen LogP contribution in [0.4, 0.5) is 0 Å². The number of hydrogen-bond acceptors (Lipinski definition) is 3. The molecule has 0 saturated heterocycles. The zero-order valence-electron chi connectivity index (χ0n) is 13.5. The topological polar surface area (TPSA) is 62.2 Å². The van der Waals surface area contributed by atoms with Gasteiger partial charge in [0.2, 0.25) is 0 Å². The van der Waals surface area contributed by atoms with Gasteiger partial charge in [-0.05, 0) is 62.2 Å². The molecule has 0 aliphatic heterocycles. The lowest BCUT2D eigenvalue weighted by molar-refractivity contribution is 0.968. The molecule has 4 heteroatoms. The van der Waals surface area contributed by atoms with Gasteiger partial charge in [0.25, 0.3) is 0 Å². The highest BCUT2D eigenvalue weighted by Crippen LogP contribution is 2.16. The number of aliphatic imine (C=N–C) groups is 1. The molecule has 0 heterocycles. The maximum Gasteiger partial charge on any atom is 0.0388 e. The Morgan fingerprint density at radius 1 is 1.17 bits per heavy atom. The molecule has 2 rings (SSSR count). The summed E-state index contributed by atoms with van der Waals surface area (Å²) in [5.74, 6) is 0.203. The number of amidine groups is 1. The van der Waals surface area contributed by atoms with Gasteiger partial charge in [0.1, 0.15) is 0 Å². The molecule has 0 saturated carbocycles. The highest BCUT2D eigenvalue weighted by molar-refractivity contribution is 7.80. The van der Waals surface area contributed by atoms with E-state index in [4.69, 9.17) is 11.5 Å². The quantitative estimate of drug-likeness (QED) is 0.472. The number of nitrogens with zero attached hydrogens (tertiary/aromatic N) is 1. The van der Waals surface area contributed by atoms with Crippen molar-refractivity contribution in [3.63, 3.8) is 0 Å². The van der Waals surface area contributed by atoms with Crippen molar-refractivity contribution in [1.82, 2.24) is 0 Å². The van der Waals surface area contributed by atoms with Gasteiger partial charge in [0, 0.05) is 16.2 Å². The molecule has 0 aliphatic rings. The van der Waals surface area contributed by atoms with E-state index in [0.717, 1.165) is 28.0 Å². The zero-order chi connectivity index (χ0) is 16.8. The third-order valence-corrected chi connectivity index (χ3v) is 3.91. The molecule has 0 fully saturated rings. The highest BCUT2D eigenvalue weighted by atomic mass is 32.1. The minimum Gasteiger partial charge on any atom is -0.482 e. The first-order chi connectivity index (χ1) is 11.0. The Kier molecular flexibility index (Phi) is 5.88. The number of nitrogens with two attached hydrogens (primary N) is 1. The fraction of sp³-hybridized carbons (Fsp3) is 0.211. The Bertz CT molecular complexity index is 731. The summed E-state index contributed by atoms with van der Waals surface area (Å²) in [6.45, 7) is 4.62. The average Bonchev–Trinajstić information content (AvgIpc) is 2.51. The third-order valence-electron chi connectivity index (χ3n) is 3.62. The van der Waals surface area contributed by atoms with Crippen molar-refractivity contribution in [3.05, 3.63) is 76.5 Å². The van der Waals surface area contributed by atoms with Crippen molar-refractivity contribution in [2.45, 2.75) is 25.2 Å². The van der Waals surface area contributed by atoms with Gasteiger partial charge >= 0.3 is 0 Å². The monoisotopic (exact) mass is 324 g/mol. The maximum absolute atomic E-state index is 7.96. The summed E-state index contributed by atoms with van der Waals surface area (Å²) in [4.78, 5) is 5.21. The van der Waals surface area contributed by atoms with Crippen LogP contribution in [0.5, 0.6) is 0 Å². The fourth-order valence-corrected chi connectivity index (χ4v) is 2.43. The van der Waals surface area contributed by atoms with Crippen LogP contribution in [0.15, 0.2) is 58.4 Å². The third kappa shape index (κ3) is 5.18. The molecule has 0 aromatic heterocycles. The van der Waals surface area contributed by atoms with Crippen molar-refractivity contribution in [2.24, 2.45) is 10.7 Å². The van der Waals surface area contributed by atoms with Gasteiger partial charge in [-0.25, -0.2) is 0 Å². The summed E-state index contributed by atoms with van der Waals surface area (Å²) in [5, 5.41) is 0. The molecule has 0 radical (unpaired) electrons. The molecular formula is C19H22N3S-. The maximum atomic E-state index is 7.96. The van der Waals surface area contributed by atoms with Crippen LogP contribution in [0.1, 0.15) is 22.3 Å². The van der Waals surface area contributed by atoms with E-state index in [0.29, 0.717) is 12.2 Å². The molecule has 23 heavy (non-hydrogen) atoms. The Morgan fingerprint density at radius 2 is 1.87 bits per heavy atom. The van der Waals surface area contributed by atoms with E-state index in [1.54, 1.807) is 6.08 Å². The van der Waals surface area contributed by atoms with Crippen LogP contribution in [-0.4, -0.2) is 12.4 Å². The highest BCUT2D eigenvalue weighted by Gasteiger charge is 2.01. The minimum absolute atomic E-state index is 0.203. The van der Waals surface area contributed by atoms with Crippen LogP contribution >= 0.6 is 12.6 Å². The first kappa shape index (κ1) is 17.2. The Morgan fingerprint density at radius 3 is 2.57 bits per heavy atom. The van der Waals surface area contributed by atoms with Crippen LogP contribution in [0.25, 0.3) is 11.4 Å². The molecular weight excluding hydrogens is 302 g/mol. The number of nitrogens with one attached hydrogen (secondary N) is 1. The first-order valence-corrected chi connectivity index (χ1v) is 7.99. The van der Waals surface area contributed by atoms with Crippen LogP contribution in [0.2, 0.25) is 0 Å². The van der Waals surface area contributed by atoms with Crippen molar-refractivity contribution in [2.75, 3.05) is 6.54 Å². The fourth-order valence-electron chi connectivity index (χ4n) is 2.29. The van der Waals surface area contributed by atoms with Crippen molar-refractivity contribution >= 4 is 24.2 Å². The van der Waals surface area contributed by atoms with E-state index in [-0.39, 0.29) is 5.84 Å². The van der Waals surface area contributed by atoms with Gasteiger partial charge in [0.15, 0.2) is 0 Å². The molecule has 0 bridgehead atoms. The predicted octanol–water partition coefficient (Wildman–Crippen LogP) is 4.59. The lowest BCUT2D eigenvalue weighted by atomic mass is 10.0. The molecule has 0 aliphatic carbocycles. The zero-order valence-corrected chi connectivity index (χ0v) is 14.4. The smallest absolute Gasteiger partial charge is 0.0388 e. The summed E-state index contributed by atoms with van der Waals surface area (Å²) in [7, 11) is 0. The minimum atomic E-state index is 0.203. The molecule has 3 nitrogen and oxygen atoms in total. The van der Waals surface area contributed by atoms with Gasteiger partial charge in [-0.1, -0.05) is 35.7 Å². The van der Waals surface area contributed by atoms with Crippen molar-refractivity contribution in [3.8, 4) is 0 Å². The van der Waals surface area contributed by atoms with Gasteiger partial charge in [-0.2, -0.15) is 0 Å². The second-order valence-corrected chi connectivity index (χ2v) is 6.12. The Labute approximate surface area is 143 Å². The number of hydrogen-bond donors (Lipinski definition) is 2. The van der Waals surface area contributed by atoms with Gasteiger partial charge < -0.3 is 16.5 Å². The molecule has 0 atom stereocenters. The van der Waals surface area contributed by atoms with Gasteiger partial charge in [0.05, 0.1) is 0 Å². The standard InChI is InChI=1S/C19H22N3S/c1-13-3-4-14(2)17(11-13)18(20)12-19(21)22-10-9-15-5-7-16(23)8-6-15/h3-8,11-12H,9-10H2,1-2H3,(H4-,20,21,22,23)/q-1. The van der Waals surface area contributed by atoms with Gasteiger partial charge in [-0.3, -0.25) is 0 Å². The Balaban J connectivity index is 2.02. The summed E-state index contributed by atoms with van der Waals surface area (Å²) in [6, 6.07) is 14.1. The molecule has 0 amide bonds. The summed E-state index contributed by atoms with van der Waals surface area (Å²) >= 11 is 4.26. The first-order valence-electron chi connectivity index (χ1n) is 7.54. The van der Waals surface area contributed by atoms with Crippen molar-refractivity contribution in [1.29, 1.82) is 0 Å². The summed E-state index contributed by atoms with van der Waals surface area (Å²) in [5.41, 5.74) is 19.1. The van der Waals surface area contributed by atoms with Crippen LogP contribution in [0, 0.1) is 13.8 Å².